The zero-order valence-electron chi connectivity index (χ0n) is 11.2. The van der Waals surface area contributed by atoms with Crippen LogP contribution >= 0.6 is 0 Å². The fraction of sp³-hybridized carbons (Fsp3) is 0.500. The van der Waals surface area contributed by atoms with E-state index in [2.05, 4.69) is 0 Å². The van der Waals surface area contributed by atoms with Gasteiger partial charge in [-0.2, -0.15) is 0 Å². The zero-order valence-corrected chi connectivity index (χ0v) is 11.2. The Hall–Kier alpha value is -1.49. The molecule has 0 saturated heterocycles. The van der Waals surface area contributed by atoms with Crippen LogP contribution in [0.25, 0.3) is 0 Å². The highest BCUT2D eigenvalue weighted by molar-refractivity contribution is 5.73. The molecule has 106 valence electrons. The van der Waals surface area contributed by atoms with Gasteiger partial charge in [0.15, 0.2) is 11.6 Å². The zero-order chi connectivity index (χ0) is 14.6. The molecule has 0 aliphatic heterocycles. The lowest BCUT2D eigenvalue weighted by Crippen LogP contribution is -2.29. The quantitative estimate of drug-likeness (QED) is 0.838. The second-order valence-corrected chi connectivity index (χ2v) is 4.61. The van der Waals surface area contributed by atoms with Crippen LogP contribution in [0.2, 0.25) is 0 Å². The van der Waals surface area contributed by atoms with Crippen molar-refractivity contribution in [1.82, 2.24) is 0 Å². The molecule has 0 aliphatic rings. The van der Waals surface area contributed by atoms with E-state index in [0.29, 0.717) is 0 Å². The van der Waals surface area contributed by atoms with Crippen LogP contribution in [0.15, 0.2) is 18.2 Å². The first-order valence-corrected chi connectivity index (χ1v) is 6.18. The number of aliphatic hydroxyl groups is 1. The van der Waals surface area contributed by atoms with Gasteiger partial charge in [-0.1, -0.05) is 26.0 Å². The topological polar surface area (TPSA) is 46.5 Å². The molecule has 2 atom stereocenters. The summed E-state index contributed by atoms with van der Waals surface area (Å²) in [6.07, 6.45) is -1.44. The molecule has 0 radical (unpaired) electrons. The number of esters is 1. The highest BCUT2D eigenvalue weighted by Crippen LogP contribution is 2.31. The molecule has 1 aromatic rings. The van der Waals surface area contributed by atoms with Crippen molar-refractivity contribution in [3.63, 3.8) is 0 Å². The molecule has 0 aromatic heterocycles. The first kappa shape index (κ1) is 15.6. The van der Waals surface area contributed by atoms with Crippen LogP contribution in [0, 0.1) is 23.5 Å². The Labute approximate surface area is 111 Å². The largest absolute Gasteiger partial charge is 0.466 e. The third-order valence-electron chi connectivity index (χ3n) is 2.92. The van der Waals surface area contributed by atoms with Gasteiger partial charge in [0.05, 0.1) is 18.6 Å². The normalized spacial score (nSPS) is 14.3. The number of benzene rings is 1. The van der Waals surface area contributed by atoms with E-state index >= 15 is 0 Å². The number of hydrogen-bond acceptors (Lipinski definition) is 3. The first-order chi connectivity index (χ1) is 8.90. The minimum absolute atomic E-state index is 0.167. The average molecular weight is 272 g/mol. The Morgan fingerprint density at radius 3 is 2.53 bits per heavy atom. The molecule has 0 aliphatic carbocycles. The summed E-state index contributed by atoms with van der Waals surface area (Å²) in [6.45, 7) is 5.23. The lowest BCUT2D eigenvalue weighted by atomic mass is 9.86. The summed E-state index contributed by atoms with van der Waals surface area (Å²) in [5.41, 5.74) is -0.230. The standard InChI is InChI=1S/C14H18F2O3/c1-4-19-14(18)11(8(2)3)13(17)9-6-5-7-10(15)12(9)16/h5-8,11,13,17H,4H2,1-3H3. The molecule has 19 heavy (non-hydrogen) atoms. The molecule has 2 unspecified atom stereocenters. The summed E-state index contributed by atoms with van der Waals surface area (Å²) in [5.74, 6) is -4.01. The number of halogens is 2. The molecule has 0 bridgehead atoms. The maximum absolute atomic E-state index is 13.6. The van der Waals surface area contributed by atoms with Crippen LogP contribution in [0.1, 0.15) is 32.4 Å². The Morgan fingerprint density at radius 1 is 1.37 bits per heavy atom. The van der Waals surface area contributed by atoms with E-state index in [9.17, 15) is 18.7 Å². The number of ether oxygens (including phenoxy) is 1. The van der Waals surface area contributed by atoms with Crippen LogP contribution in [0.3, 0.4) is 0 Å². The van der Waals surface area contributed by atoms with E-state index in [4.69, 9.17) is 4.74 Å². The summed E-state index contributed by atoms with van der Waals surface area (Å²) < 4.78 is 31.7. The van der Waals surface area contributed by atoms with Crippen molar-refractivity contribution in [3.05, 3.63) is 35.4 Å². The van der Waals surface area contributed by atoms with Crippen LogP contribution in [0.5, 0.6) is 0 Å². The van der Waals surface area contributed by atoms with Gasteiger partial charge in [-0.25, -0.2) is 8.78 Å². The molecular formula is C14H18F2O3. The fourth-order valence-electron chi connectivity index (χ4n) is 1.95. The smallest absolute Gasteiger partial charge is 0.312 e. The fourth-order valence-corrected chi connectivity index (χ4v) is 1.95. The van der Waals surface area contributed by atoms with Crippen molar-refractivity contribution < 1.29 is 23.4 Å². The second-order valence-electron chi connectivity index (χ2n) is 4.61. The molecule has 1 rings (SSSR count). The molecule has 1 aromatic carbocycles. The van der Waals surface area contributed by atoms with Crippen molar-refractivity contribution in [1.29, 1.82) is 0 Å². The molecule has 5 heteroatoms. The summed E-state index contributed by atoms with van der Waals surface area (Å²) in [5, 5.41) is 10.1. The molecule has 0 saturated carbocycles. The molecular weight excluding hydrogens is 254 g/mol. The SMILES string of the molecule is CCOC(=O)C(C(C)C)C(O)c1cccc(F)c1F. The Kier molecular flexibility index (Phi) is 5.42. The van der Waals surface area contributed by atoms with Gasteiger partial charge in [0, 0.05) is 5.56 Å². The van der Waals surface area contributed by atoms with E-state index in [-0.39, 0.29) is 18.1 Å². The summed E-state index contributed by atoms with van der Waals surface area (Å²) in [7, 11) is 0. The Bertz CT molecular complexity index is 446. The lowest BCUT2D eigenvalue weighted by molar-refractivity contribution is -0.154. The first-order valence-electron chi connectivity index (χ1n) is 6.18. The molecule has 0 heterocycles. The number of aliphatic hydroxyl groups excluding tert-OH is 1. The predicted octanol–water partition coefficient (Wildman–Crippen LogP) is 2.83. The van der Waals surface area contributed by atoms with Crippen LogP contribution < -0.4 is 0 Å². The van der Waals surface area contributed by atoms with Gasteiger partial charge in [0.1, 0.15) is 0 Å². The van der Waals surface area contributed by atoms with E-state index in [1.54, 1.807) is 20.8 Å². The molecule has 3 nitrogen and oxygen atoms in total. The van der Waals surface area contributed by atoms with E-state index in [1.165, 1.54) is 12.1 Å². The third-order valence-corrected chi connectivity index (χ3v) is 2.92. The van der Waals surface area contributed by atoms with Crippen molar-refractivity contribution in [2.24, 2.45) is 11.8 Å². The number of carbonyl (C=O) groups excluding carboxylic acids is 1. The number of rotatable bonds is 5. The second kappa shape index (κ2) is 6.61. The van der Waals surface area contributed by atoms with E-state index in [0.717, 1.165) is 6.07 Å². The van der Waals surface area contributed by atoms with E-state index < -0.39 is 29.6 Å². The monoisotopic (exact) mass is 272 g/mol. The van der Waals surface area contributed by atoms with Crippen molar-refractivity contribution >= 4 is 5.97 Å². The van der Waals surface area contributed by atoms with Gasteiger partial charge >= 0.3 is 5.97 Å². The Balaban J connectivity index is 3.09. The van der Waals surface area contributed by atoms with Gasteiger partial charge in [-0.15, -0.1) is 0 Å². The number of carbonyl (C=O) groups is 1. The maximum atomic E-state index is 13.6. The van der Waals surface area contributed by atoms with Crippen LogP contribution in [-0.2, 0) is 9.53 Å². The lowest BCUT2D eigenvalue weighted by Gasteiger charge is -2.25. The third kappa shape index (κ3) is 3.50. The van der Waals surface area contributed by atoms with Gasteiger partial charge in [-0.3, -0.25) is 4.79 Å². The maximum Gasteiger partial charge on any atom is 0.312 e. The van der Waals surface area contributed by atoms with Gasteiger partial charge in [0.2, 0.25) is 0 Å². The highest BCUT2D eigenvalue weighted by atomic mass is 19.2. The molecule has 1 N–H and O–H groups in total. The van der Waals surface area contributed by atoms with Gasteiger partial charge < -0.3 is 9.84 Å². The molecule has 0 amide bonds. The minimum Gasteiger partial charge on any atom is -0.466 e. The van der Waals surface area contributed by atoms with Crippen LogP contribution in [0.4, 0.5) is 8.78 Å². The molecule has 0 spiro atoms. The molecule has 0 fully saturated rings. The van der Waals surface area contributed by atoms with Crippen molar-refractivity contribution in [2.45, 2.75) is 26.9 Å². The predicted molar refractivity (Wildman–Crippen MR) is 66.3 cm³/mol. The van der Waals surface area contributed by atoms with Crippen LogP contribution in [-0.4, -0.2) is 17.7 Å². The van der Waals surface area contributed by atoms with E-state index in [1.807, 2.05) is 0 Å². The van der Waals surface area contributed by atoms with Gasteiger partial charge in [0.25, 0.3) is 0 Å². The Morgan fingerprint density at radius 2 is 2.00 bits per heavy atom. The highest BCUT2D eigenvalue weighted by Gasteiger charge is 2.34. The summed E-state index contributed by atoms with van der Waals surface area (Å²) in [6, 6.07) is 3.51. The summed E-state index contributed by atoms with van der Waals surface area (Å²) in [4.78, 5) is 11.8. The average Bonchev–Trinajstić information content (AvgIpc) is 2.32. The van der Waals surface area contributed by atoms with Crippen molar-refractivity contribution in [2.75, 3.05) is 6.61 Å². The minimum atomic E-state index is -1.44. The summed E-state index contributed by atoms with van der Waals surface area (Å²) >= 11 is 0. The van der Waals surface area contributed by atoms with Gasteiger partial charge in [-0.05, 0) is 18.9 Å². The van der Waals surface area contributed by atoms with Crippen molar-refractivity contribution in [3.8, 4) is 0 Å². The number of hydrogen-bond donors (Lipinski definition) is 1.